The number of benzene rings is 3. The van der Waals surface area contributed by atoms with Crippen LogP contribution in [0.15, 0.2) is 94.2 Å². The molecule has 0 bridgehead atoms. The molecule has 0 spiro atoms. The van der Waals surface area contributed by atoms with Crippen molar-refractivity contribution in [1.82, 2.24) is 0 Å². The Bertz CT molecular complexity index is 1820. The molecular formula is C31H20N2O2S3. The second-order valence-corrected chi connectivity index (χ2v) is 12.0. The van der Waals surface area contributed by atoms with Crippen LogP contribution in [0.2, 0.25) is 0 Å². The van der Waals surface area contributed by atoms with E-state index in [1.165, 1.54) is 54.9 Å². The maximum Gasteiger partial charge on any atom is 0.346 e. The minimum atomic E-state index is -1.21. The van der Waals surface area contributed by atoms with Gasteiger partial charge in [-0.05, 0) is 65.4 Å². The van der Waals surface area contributed by atoms with Gasteiger partial charge in [-0.3, -0.25) is 0 Å². The number of nitriles is 1. The van der Waals surface area contributed by atoms with Crippen LogP contribution in [0.4, 0.5) is 11.4 Å². The van der Waals surface area contributed by atoms with Gasteiger partial charge in [-0.25, -0.2) is 4.79 Å². The lowest BCUT2D eigenvalue weighted by molar-refractivity contribution is -0.132. The summed E-state index contributed by atoms with van der Waals surface area (Å²) in [6.45, 7) is 0. The smallest absolute Gasteiger partial charge is 0.346 e. The zero-order chi connectivity index (χ0) is 26.2. The lowest BCUT2D eigenvalue weighted by atomic mass is 10.0. The summed E-state index contributed by atoms with van der Waals surface area (Å²) in [5.74, 6) is -1.21. The van der Waals surface area contributed by atoms with Crippen molar-refractivity contribution in [1.29, 1.82) is 5.26 Å². The van der Waals surface area contributed by atoms with Crippen LogP contribution in [0.3, 0.4) is 0 Å². The molecule has 2 aromatic heterocycles. The highest BCUT2D eigenvalue weighted by Crippen LogP contribution is 2.51. The first-order valence-electron chi connectivity index (χ1n) is 11.8. The molecule has 0 aliphatic carbocycles. The molecule has 1 aliphatic rings. The van der Waals surface area contributed by atoms with Crippen LogP contribution in [-0.4, -0.2) is 18.1 Å². The van der Waals surface area contributed by atoms with Crippen molar-refractivity contribution >= 4 is 80.8 Å². The van der Waals surface area contributed by atoms with Crippen molar-refractivity contribution in [3.05, 3.63) is 99.8 Å². The molecular weight excluding hydrogens is 529 g/mol. The number of para-hydroxylation sites is 1. The molecule has 0 radical (unpaired) electrons. The molecule has 3 aromatic carbocycles. The Balaban J connectivity index is 1.36. The van der Waals surface area contributed by atoms with Crippen LogP contribution in [0.1, 0.15) is 15.3 Å². The molecule has 0 atom stereocenters. The van der Waals surface area contributed by atoms with E-state index in [1.807, 2.05) is 23.9 Å². The average molecular weight is 549 g/mol. The number of hydrogen-bond donors (Lipinski definition) is 1. The number of anilines is 2. The summed E-state index contributed by atoms with van der Waals surface area (Å²) in [6.07, 6.45) is 5.81. The standard InChI is InChI=1S/C31H20N2O2S3/c1-33-25-8-4-5-9-26(25)38-29-17-19-6-2-3-7-23(19)24(30(29)33)13-10-21-11-14-27(36-21)28-15-12-22(37-28)16-20(18-32)31(34)35/h2-17H,1H3,(H,34,35)/b13-10+,20-16-. The van der Waals surface area contributed by atoms with Crippen LogP contribution in [0.25, 0.3) is 38.8 Å². The predicted octanol–water partition coefficient (Wildman–Crippen LogP) is 9.02. The molecule has 0 saturated carbocycles. The number of carbonyl (C=O) groups is 1. The number of rotatable bonds is 5. The molecule has 0 fully saturated rings. The van der Waals surface area contributed by atoms with E-state index in [9.17, 15) is 4.79 Å². The topological polar surface area (TPSA) is 64.3 Å². The summed E-state index contributed by atoms with van der Waals surface area (Å²) in [7, 11) is 2.14. The highest BCUT2D eigenvalue weighted by molar-refractivity contribution is 7.99. The Morgan fingerprint density at radius 3 is 2.39 bits per heavy atom. The number of fused-ring (bicyclic) bond motifs is 3. The zero-order valence-electron chi connectivity index (χ0n) is 20.2. The normalized spacial score (nSPS) is 12.9. The summed E-state index contributed by atoms with van der Waals surface area (Å²) in [4.78, 5) is 20.0. The number of carboxylic acid groups (broad SMARTS) is 1. The fourth-order valence-electron chi connectivity index (χ4n) is 4.58. The third-order valence-corrected chi connectivity index (χ3v) is 9.73. The highest BCUT2D eigenvalue weighted by atomic mass is 32.2. The van der Waals surface area contributed by atoms with Gasteiger partial charge in [0.15, 0.2) is 0 Å². The number of aliphatic carboxylic acids is 1. The molecule has 0 saturated heterocycles. The lowest BCUT2D eigenvalue weighted by Gasteiger charge is -2.31. The minimum Gasteiger partial charge on any atom is -0.477 e. The number of nitrogens with zero attached hydrogens (tertiary/aromatic N) is 2. The maximum atomic E-state index is 11.2. The van der Waals surface area contributed by atoms with Gasteiger partial charge in [-0.1, -0.05) is 54.2 Å². The summed E-state index contributed by atoms with van der Waals surface area (Å²) >= 11 is 4.97. The van der Waals surface area contributed by atoms with E-state index in [0.717, 1.165) is 19.5 Å². The van der Waals surface area contributed by atoms with Crippen LogP contribution >= 0.6 is 34.4 Å². The van der Waals surface area contributed by atoms with Crippen molar-refractivity contribution in [2.45, 2.75) is 9.79 Å². The number of carboxylic acids is 1. The van der Waals surface area contributed by atoms with Gasteiger partial charge in [-0.2, -0.15) is 5.26 Å². The molecule has 5 aromatic rings. The Labute approximate surface area is 232 Å². The maximum absolute atomic E-state index is 11.2. The van der Waals surface area contributed by atoms with Crippen molar-refractivity contribution in [2.24, 2.45) is 0 Å². The summed E-state index contributed by atoms with van der Waals surface area (Å²) in [5, 5.41) is 20.6. The molecule has 1 aliphatic heterocycles. The van der Waals surface area contributed by atoms with E-state index >= 15 is 0 Å². The van der Waals surface area contributed by atoms with Crippen molar-refractivity contribution < 1.29 is 9.90 Å². The van der Waals surface area contributed by atoms with Gasteiger partial charge in [0.25, 0.3) is 0 Å². The van der Waals surface area contributed by atoms with E-state index in [4.69, 9.17) is 10.4 Å². The first kappa shape index (κ1) is 24.3. The molecule has 184 valence electrons. The van der Waals surface area contributed by atoms with E-state index in [0.29, 0.717) is 0 Å². The van der Waals surface area contributed by atoms with Gasteiger partial charge in [0.05, 0.1) is 11.4 Å². The lowest BCUT2D eigenvalue weighted by Crippen LogP contribution is -2.16. The highest BCUT2D eigenvalue weighted by Gasteiger charge is 2.24. The second kappa shape index (κ2) is 9.99. The van der Waals surface area contributed by atoms with Crippen molar-refractivity contribution in [3.63, 3.8) is 0 Å². The van der Waals surface area contributed by atoms with Gasteiger partial charge in [0, 0.05) is 41.9 Å². The zero-order valence-corrected chi connectivity index (χ0v) is 22.7. The molecule has 0 amide bonds. The summed E-state index contributed by atoms with van der Waals surface area (Å²) < 4.78 is 0. The van der Waals surface area contributed by atoms with E-state index in [-0.39, 0.29) is 5.57 Å². The third kappa shape index (κ3) is 4.44. The van der Waals surface area contributed by atoms with Crippen LogP contribution in [0.5, 0.6) is 0 Å². The number of thiophene rings is 2. The Hall–Kier alpha value is -4.09. The predicted molar refractivity (Wildman–Crippen MR) is 160 cm³/mol. The van der Waals surface area contributed by atoms with E-state index < -0.39 is 5.97 Å². The fraction of sp³-hybridized carbons (Fsp3) is 0.0323. The van der Waals surface area contributed by atoms with Crippen LogP contribution < -0.4 is 4.90 Å². The van der Waals surface area contributed by atoms with Gasteiger partial charge in [0.1, 0.15) is 11.6 Å². The summed E-state index contributed by atoms with van der Waals surface area (Å²) in [6, 6.07) is 29.1. The van der Waals surface area contributed by atoms with Crippen LogP contribution in [-0.2, 0) is 4.79 Å². The molecule has 6 rings (SSSR count). The Morgan fingerprint density at radius 2 is 1.61 bits per heavy atom. The van der Waals surface area contributed by atoms with Gasteiger partial charge < -0.3 is 10.0 Å². The SMILES string of the molecule is CN1c2ccccc2Sc2cc3ccccc3c(/C=C/c3ccc(-c4ccc(/C=C(/C#N)C(=O)O)s4)s3)c21. The fourth-order valence-corrected chi connectivity index (χ4v) is 7.75. The Kier molecular flexibility index (Phi) is 6.38. The van der Waals surface area contributed by atoms with E-state index in [2.05, 4.69) is 90.8 Å². The first-order chi connectivity index (χ1) is 18.5. The van der Waals surface area contributed by atoms with E-state index in [1.54, 1.807) is 17.4 Å². The molecule has 38 heavy (non-hydrogen) atoms. The molecule has 0 unspecified atom stereocenters. The molecule has 1 N–H and O–H groups in total. The van der Waals surface area contributed by atoms with Crippen molar-refractivity contribution in [2.75, 3.05) is 11.9 Å². The first-order valence-corrected chi connectivity index (χ1v) is 14.3. The van der Waals surface area contributed by atoms with Crippen LogP contribution in [0, 0.1) is 11.3 Å². The minimum absolute atomic E-state index is 0.266. The number of hydrogen-bond acceptors (Lipinski definition) is 6. The largest absolute Gasteiger partial charge is 0.477 e. The van der Waals surface area contributed by atoms with Gasteiger partial charge >= 0.3 is 5.97 Å². The molecule has 4 nitrogen and oxygen atoms in total. The summed E-state index contributed by atoms with van der Waals surface area (Å²) in [5.41, 5.74) is 3.34. The second-order valence-electron chi connectivity index (χ2n) is 8.70. The van der Waals surface area contributed by atoms with Crippen molar-refractivity contribution in [3.8, 4) is 15.8 Å². The molecule has 7 heteroatoms. The Morgan fingerprint density at radius 1 is 0.895 bits per heavy atom. The quantitative estimate of drug-likeness (QED) is 0.175. The van der Waals surface area contributed by atoms with Gasteiger partial charge in [-0.15, -0.1) is 22.7 Å². The average Bonchev–Trinajstić information content (AvgIpc) is 3.59. The molecule has 3 heterocycles. The third-order valence-electron chi connectivity index (χ3n) is 6.36. The van der Waals surface area contributed by atoms with Gasteiger partial charge in [0.2, 0.25) is 0 Å². The monoisotopic (exact) mass is 548 g/mol.